The fourth-order valence-corrected chi connectivity index (χ4v) is 3.62. The Labute approximate surface area is 150 Å². The molecule has 4 aromatic rings. The number of anilines is 1. The van der Waals surface area contributed by atoms with Gasteiger partial charge in [-0.3, -0.25) is 4.98 Å². The van der Waals surface area contributed by atoms with Crippen LogP contribution in [0.4, 0.5) is 5.82 Å². The van der Waals surface area contributed by atoms with Crippen LogP contribution in [0.1, 0.15) is 6.92 Å². The summed E-state index contributed by atoms with van der Waals surface area (Å²) in [6.07, 6.45) is 5.58. The van der Waals surface area contributed by atoms with Crippen LogP contribution in [0.5, 0.6) is 0 Å². The Kier molecular flexibility index (Phi) is 3.57. The molecule has 1 fully saturated rings. The molecule has 1 atom stereocenters. The van der Waals surface area contributed by atoms with Gasteiger partial charge in [-0.2, -0.15) is 0 Å². The van der Waals surface area contributed by atoms with E-state index in [2.05, 4.69) is 40.0 Å². The predicted octanol–water partition coefficient (Wildman–Crippen LogP) is 3.40. The lowest BCUT2D eigenvalue weighted by atomic mass is 10.1. The minimum atomic E-state index is 0.262. The van der Waals surface area contributed by atoms with Crippen molar-refractivity contribution in [2.24, 2.45) is 0 Å². The lowest BCUT2D eigenvalue weighted by Crippen LogP contribution is -2.44. The van der Waals surface area contributed by atoms with Crippen LogP contribution in [0.25, 0.3) is 33.2 Å². The van der Waals surface area contributed by atoms with Crippen LogP contribution in [0, 0.1) is 0 Å². The fraction of sp³-hybridized carbons (Fsp3) is 0.250. The van der Waals surface area contributed by atoms with Crippen molar-refractivity contribution >= 4 is 27.6 Å². The monoisotopic (exact) mass is 345 g/mol. The molecule has 5 rings (SSSR count). The molecule has 1 aliphatic rings. The van der Waals surface area contributed by atoms with Gasteiger partial charge in [-0.1, -0.05) is 12.1 Å². The summed E-state index contributed by atoms with van der Waals surface area (Å²) in [4.78, 5) is 19.7. The number of rotatable bonds is 2. The van der Waals surface area contributed by atoms with E-state index in [1.165, 1.54) is 0 Å². The van der Waals surface area contributed by atoms with Gasteiger partial charge in [0.25, 0.3) is 0 Å². The average molecular weight is 345 g/mol. The second kappa shape index (κ2) is 6.07. The molecular weight excluding hydrogens is 326 g/mol. The van der Waals surface area contributed by atoms with Crippen molar-refractivity contribution in [3.63, 3.8) is 0 Å². The van der Waals surface area contributed by atoms with E-state index in [9.17, 15) is 0 Å². The summed E-state index contributed by atoms with van der Waals surface area (Å²) in [5.74, 6) is 1.67. The molecule has 3 aromatic heterocycles. The van der Waals surface area contributed by atoms with Crippen molar-refractivity contribution < 1.29 is 4.74 Å². The number of aromatic nitrogens is 4. The first-order valence-electron chi connectivity index (χ1n) is 8.84. The van der Waals surface area contributed by atoms with E-state index in [4.69, 9.17) is 14.7 Å². The zero-order valence-electron chi connectivity index (χ0n) is 14.5. The first-order valence-corrected chi connectivity index (χ1v) is 8.84. The minimum Gasteiger partial charge on any atom is -0.377 e. The molecule has 0 amide bonds. The lowest BCUT2D eigenvalue weighted by Gasteiger charge is -2.35. The van der Waals surface area contributed by atoms with Crippen molar-refractivity contribution in [2.75, 3.05) is 24.7 Å². The van der Waals surface area contributed by atoms with Crippen LogP contribution in [0.15, 0.2) is 48.9 Å². The van der Waals surface area contributed by atoms with Gasteiger partial charge in [0.15, 0.2) is 5.82 Å². The number of pyridine rings is 1. The van der Waals surface area contributed by atoms with E-state index < -0.39 is 0 Å². The zero-order chi connectivity index (χ0) is 17.5. The quantitative estimate of drug-likeness (QED) is 0.603. The van der Waals surface area contributed by atoms with Gasteiger partial charge in [-0.05, 0) is 25.1 Å². The Balaban J connectivity index is 1.76. The molecule has 0 radical (unpaired) electrons. The fourth-order valence-electron chi connectivity index (χ4n) is 3.62. The molecule has 4 heterocycles. The summed E-state index contributed by atoms with van der Waals surface area (Å²) in [6.45, 7) is 4.39. The molecule has 0 unspecified atom stereocenters. The van der Waals surface area contributed by atoms with Crippen molar-refractivity contribution in [3.05, 3.63) is 48.9 Å². The normalized spacial score (nSPS) is 17.9. The number of ether oxygens (including phenoxy) is 1. The zero-order valence-corrected chi connectivity index (χ0v) is 14.5. The van der Waals surface area contributed by atoms with Gasteiger partial charge >= 0.3 is 0 Å². The van der Waals surface area contributed by atoms with Crippen molar-refractivity contribution in [3.8, 4) is 11.4 Å². The molecule has 1 saturated heterocycles. The molecule has 0 spiro atoms. The second-order valence-corrected chi connectivity index (χ2v) is 6.63. The maximum absolute atomic E-state index is 5.60. The standard InChI is InChI=1S/C20H19N5O/c1-13-12-26-10-9-25(13)20-16-11-21-7-6-18(16)23-19(24-20)15-3-2-4-17-14(15)5-8-22-17/h2-8,11,13,22H,9-10,12H2,1H3/t13-/m1/s1. The second-order valence-electron chi connectivity index (χ2n) is 6.63. The Morgan fingerprint density at radius 3 is 3.04 bits per heavy atom. The number of benzene rings is 1. The highest BCUT2D eigenvalue weighted by atomic mass is 16.5. The summed E-state index contributed by atoms with van der Waals surface area (Å²) >= 11 is 0. The average Bonchev–Trinajstić information content (AvgIpc) is 3.16. The van der Waals surface area contributed by atoms with Gasteiger partial charge < -0.3 is 14.6 Å². The van der Waals surface area contributed by atoms with E-state index in [1.54, 1.807) is 6.20 Å². The largest absolute Gasteiger partial charge is 0.377 e. The third kappa shape index (κ3) is 2.42. The van der Waals surface area contributed by atoms with Gasteiger partial charge in [0.05, 0.1) is 30.2 Å². The maximum atomic E-state index is 5.60. The molecule has 1 aliphatic heterocycles. The van der Waals surface area contributed by atoms with Crippen LogP contribution >= 0.6 is 0 Å². The number of fused-ring (bicyclic) bond motifs is 2. The smallest absolute Gasteiger partial charge is 0.162 e. The number of hydrogen-bond donors (Lipinski definition) is 1. The Bertz CT molecular complexity index is 1090. The van der Waals surface area contributed by atoms with E-state index in [-0.39, 0.29) is 6.04 Å². The van der Waals surface area contributed by atoms with Gasteiger partial charge in [0.2, 0.25) is 0 Å². The Hall–Kier alpha value is -2.99. The highest BCUT2D eigenvalue weighted by Crippen LogP contribution is 2.31. The first kappa shape index (κ1) is 15.3. The molecule has 6 nitrogen and oxygen atoms in total. The van der Waals surface area contributed by atoms with E-state index in [0.717, 1.165) is 45.6 Å². The van der Waals surface area contributed by atoms with Crippen LogP contribution < -0.4 is 4.90 Å². The van der Waals surface area contributed by atoms with E-state index in [1.807, 2.05) is 24.5 Å². The Morgan fingerprint density at radius 1 is 1.15 bits per heavy atom. The summed E-state index contributed by atoms with van der Waals surface area (Å²) in [5.41, 5.74) is 3.03. The number of H-pyrrole nitrogens is 1. The van der Waals surface area contributed by atoms with Gasteiger partial charge in [0, 0.05) is 41.6 Å². The molecule has 1 N–H and O–H groups in total. The molecule has 130 valence electrons. The van der Waals surface area contributed by atoms with Crippen LogP contribution in [-0.2, 0) is 4.74 Å². The molecule has 1 aromatic carbocycles. The highest BCUT2D eigenvalue weighted by Gasteiger charge is 2.23. The topological polar surface area (TPSA) is 66.9 Å². The molecule has 0 aliphatic carbocycles. The van der Waals surface area contributed by atoms with Crippen LogP contribution in [0.2, 0.25) is 0 Å². The van der Waals surface area contributed by atoms with Crippen LogP contribution in [-0.4, -0.2) is 45.7 Å². The summed E-state index contributed by atoms with van der Waals surface area (Å²) in [7, 11) is 0. The van der Waals surface area contributed by atoms with Gasteiger partial charge in [0.1, 0.15) is 5.82 Å². The number of nitrogens with one attached hydrogen (secondary N) is 1. The van der Waals surface area contributed by atoms with E-state index in [0.29, 0.717) is 13.2 Å². The van der Waals surface area contributed by atoms with Crippen molar-refractivity contribution in [1.29, 1.82) is 0 Å². The van der Waals surface area contributed by atoms with Crippen molar-refractivity contribution in [2.45, 2.75) is 13.0 Å². The third-order valence-electron chi connectivity index (χ3n) is 4.95. The number of nitrogens with zero attached hydrogens (tertiary/aromatic N) is 4. The molecule has 6 heteroatoms. The maximum Gasteiger partial charge on any atom is 0.162 e. The summed E-state index contributed by atoms with van der Waals surface area (Å²) in [6, 6.07) is 10.5. The lowest BCUT2D eigenvalue weighted by molar-refractivity contribution is 0.0987. The highest BCUT2D eigenvalue weighted by molar-refractivity contribution is 5.96. The summed E-state index contributed by atoms with van der Waals surface area (Å²) in [5, 5.41) is 2.10. The third-order valence-corrected chi connectivity index (χ3v) is 4.95. The molecular formula is C20H19N5O. The molecule has 0 saturated carbocycles. The Morgan fingerprint density at radius 2 is 2.12 bits per heavy atom. The van der Waals surface area contributed by atoms with Crippen LogP contribution in [0.3, 0.4) is 0 Å². The van der Waals surface area contributed by atoms with Gasteiger partial charge in [-0.25, -0.2) is 9.97 Å². The minimum absolute atomic E-state index is 0.262. The first-order chi connectivity index (χ1) is 12.8. The number of morpholine rings is 1. The van der Waals surface area contributed by atoms with Gasteiger partial charge in [-0.15, -0.1) is 0 Å². The predicted molar refractivity (Wildman–Crippen MR) is 102 cm³/mol. The van der Waals surface area contributed by atoms with Crippen molar-refractivity contribution in [1.82, 2.24) is 19.9 Å². The molecule has 0 bridgehead atoms. The number of hydrogen-bond acceptors (Lipinski definition) is 5. The SMILES string of the molecule is C[C@@H]1COCCN1c1nc(-c2cccc3[nH]ccc23)nc2ccncc12. The number of aromatic amines is 1. The molecule has 26 heavy (non-hydrogen) atoms. The summed E-state index contributed by atoms with van der Waals surface area (Å²) < 4.78 is 5.60. The van der Waals surface area contributed by atoms with E-state index >= 15 is 0 Å².